The Morgan fingerprint density at radius 2 is 1.58 bits per heavy atom. The van der Waals surface area contributed by atoms with E-state index in [0.717, 1.165) is 11.1 Å². The largest absolute Gasteiger partial charge is 0.326 e. The molecule has 2 amide bonds. The third-order valence-electron chi connectivity index (χ3n) is 5.50. The quantitative estimate of drug-likeness (QED) is 0.481. The van der Waals surface area contributed by atoms with Crippen molar-refractivity contribution < 1.29 is 18.5 Å². The molecule has 7 nitrogen and oxygen atoms in total. The van der Waals surface area contributed by atoms with Crippen molar-refractivity contribution >= 4 is 23.1 Å². The number of imide groups is 1. The van der Waals surface area contributed by atoms with Crippen molar-refractivity contribution in [3.8, 4) is 5.69 Å². The smallest absolute Gasteiger partial charge is 0.295 e. The predicted octanol–water partition coefficient (Wildman–Crippen LogP) is 2.91. The molecule has 1 aromatic carbocycles. The maximum atomic E-state index is 13.5. The number of rotatable bonds is 5. The lowest BCUT2D eigenvalue weighted by Crippen LogP contribution is -2.41. The van der Waals surface area contributed by atoms with Gasteiger partial charge in [-0.05, 0) is 57.0 Å². The van der Waals surface area contributed by atoms with Crippen LogP contribution in [0.5, 0.6) is 0 Å². The van der Waals surface area contributed by atoms with Crippen molar-refractivity contribution in [2.75, 3.05) is 6.54 Å². The number of aryl methyl sites for hydroxylation is 3. The molecule has 170 valence electrons. The van der Waals surface area contributed by atoms with E-state index in [0.29, 0.717) is 11.4 Å². The van der Waals surface area contributed by atoms with Crippen molar-refractivity contribution in [2.45, 2.75) is 34.6 Å². The molecule has 0 saturated carbocycles. The van der Waals surface area contributed by atoms with Crippen LogP contribution in [0, 0.1) is 32.5 Å². The zero-order valence-corrected chi connectivity index (χ0v) is 19.3. The van der Waals surface area contributed by atoms with Gasteiger partial charge in [-0.1, -0.05) is 13.8 Å². The number of amides is 2. The number of aromatic nitrogens is 3. The van der Waals surface area contributed by atoms with Gasteiger partial charge in [0.2, 0.25) is 0 Å². The van der Waals surface area contributed by atoms with Crippen molar-refractivity contribution in [1.29, 1.82) is 0 Å². The fourth-order valence-corrected chi connectivity index (χ4v) is 4.21. The number of aromatic amines is 1. The Balaban J connectivity index is 1.98. The van der Waals surface area contributed by atoms with Crippen LogP contribution >= 0.6 is 0 Å². The molecule has 0 atom stereocenters. The average Bonchev–Trinajstić information content (AvgIpc) is 3.14. The summed E-state index contributed by atoms with van der Waals surface area (Å²) < 4.78 is 16.3. The van der Waals surface area contributed by atoms with Crippen LogP contribution in [0.1, 0.15) is 36.2 Å². The van der Waals surface area contributed by atoms with Gasteiger partial charge in [0.15, 0.2) is 12.4 Å². The zero-order valence-electron chi connectivity index (χ0n) is 19.3. The lowest BCUT2D eigenvalue weighted by molar-refractivity contribution is -0.577. The molecule has 0 unspecified atom stereocenters. The molecule has 0 aliphatic carbocycles. The van der Waals surface area contributed by atoms with Gasteiger partial charge < -0.3 is 0 Å². The van der Waals surface area contributed by atoms with Gasteiger partial charge in [0.05, 0.1) is 11.3 Å². The average molecular weight is 450 g/mol. The number of carbonyl (C=O) groups excluding carboxylic acids is 2. The van der Waals surface area contributed by atoms with Gasteiger partial charge in [-0.15, -0.1) is 0 Å². The van der Waals surface area contributed by atoms with Gasteiger partial charge in [0.25, 0.3) is 17.2 Å². The first kappa shape index (κ1) is 22.4. The minimum Gasteiger partial charge on any atom is -0.295 e. The summed E-state index contributed by atoms with van der Waals surface area (Å²) in [6.45, 7) is 9.57. The Hall–Kier alpha value is -3.81. The molecule has 8 heteroatoms. The number of hydrogen-bond donors (Lipinski definition) is 1. The summed E-state index contributed by atoms with van der Waals surface area (Å²) in [5.41, 5.74) is 2.56. The summed E-state index contributed by atoms with van der Waals surface area (Å²) in [5, 5.41) is 2.97. The number of halogens is 1. The van der Waals surface area contributed by atoms with Crippen molar-refractivity contribution in [3.05, 3.63) is 81.3 Å². The van der Waals surface area contributed by atoms with Crippen LogP contribution in [0.2, 0.25) is 0 Å². The van der Waals surface area contributed by atoms with Crippen LogP contribution in [0.15, 0.2) is 47.5 Å². The second-order valence-corrected chi connectivity index (χ2v) is 8.86. The van der Waals surface area contributed by atoms with Gasteiger partial charge in [-0.25, -0.2) is 9.07 Å². The Bertz CT molecular complexity index is 1340. The summed E-state index contributed by atoms with van der Waals surface area (Å²) in [6, 6.07) is 7.41. The number of nitrogens with one attached hydrogen (secondary N) is 1. The number of nitrogens with zero attached hydrogens (tertiary/aromatic N) is 3. The van der Waals surface area contributed by atoms with E-state index in [9.17, 15) is 18.8 Å². The normalized spacial score (nSPS) is 14.2. The first-order valence-electron chi connectivity index (χ1n) is 10.8. The molecule has 0 fully saturated rings. The standard InChI is InChI=1S/C25H25FN4O3/c1-14(2)11-29-23(31)21(22(25(29)33)28-12-15(3)10-16(4)13-28)20-17(5)27-30(24(20)32)19-8-6-18(26)7-9-19/h6-10,12-14H,11H2,1-5H3/p+1. The lowest BCUT2D eigenvalue weighted by Gasteiger charge is -2.16. The summed E-state index contributed by atoms with van der Waals surface area (Å²) in [7, 11) is 0. The highest BCUT2D eigenvalue weighted by Crippen LogP contribution is 2.30. The van der Waals surface area contributed by atoms with Crippen LogP contribution in [-0.2, 0) is 9.59 Å². The maximum Gasteiger partial charge on any atom is 0.326 e. The minimum absolute atomic E-state index is 0.0611. The van der Waals surface area contributed by atoms with Crippen LogP contribution in [0.25, 0.3) is 17.0 Å². The lowest BCUT2D eigenvalue weighted by atomic mass is 10.0. The third-order valence-corrected chi connectivity index (χ3v) is 5.50. The Morgan fingerprint density at radius 3 is 2.15 bits per heavy atom. The second kappa shape index (κ2) is 8.27. The second-order valence-electron chi connectivity index (χ2n) is 8.86. The molecule has 2 aromatic heterocycles. The van der Waals surface area contributed by atoms with E-state index in [1.165, 1.54) is 33.8 Å². The molecule has 3 aromatic rings. The van der Waals surface area contributed by atoms with E-state index in [4.69, 9.17) is 0 Å². The van der Waals surface area contributed by atoms with E-state index in [2.05, 4.69) is 5.10 Å². The molecule has 1 aliphatic rings. The molecule has 0 bridgehead atoms. The number of pyridine rings is 1. The predicted molar refractivity (Wildman–Crippen MR) is 122 cm³/mol. The van der Waals surface area contributed by atoms with E-state index >= 15 is 0 Å². The van der Waals surface area contributed by atoms with Crippen molar-refractivity contribution in [2.24, 2.45) is 5.92 Å². The summed E-state index contributed by atoms with van der Waals surface area (Å²) in [5.74, 6) is -1.30. The van der Waals surface area contributed by atoms with E-state index in [1.807, 2.05) is 33.8 Å². The fraction of sp³-hybridized carbons (Fsp3) is 0.280. The summed E-state index contributed by atoms with van der Waals surface area (Å²) >= 11 is 0. The van der Waals surface area contributed by atoms with E-state index < -0.39 is 23.2 Å². The summed E-state index contributed by atoms with van der Waals surface area (Å²) in [4.78, 5) is 41.7. The topological polar surface area (TPSA) is 79.1 Å². The number of H-pyrrole nitrogens is 1. The number of benzene rings is 1. The first-order valence-corrected chi connectivity index (χ1v) is 10.8. The zero-order chi connectivity index (χ0) is 24.0. The monoisotopic (exact) mass is 449 g/mol. The highest BCUT2D eigenvalue weighted by Gasteiger charge is 2.47. The van der Waals surface area contributed by atoms with Gasteiger partial charge in [0, 0.05) is 23.4 Å². The number of hydrogen-bond acceptors (Lipinski definition) is 3. The van der Waals surface area contributed by atoms with Gasteiger partial charge in [-0.3, -0.25) is 24.4 Å². The van der Waals surface area contributed by atoms with E-state index in [1.54, 1.807) is 23.9 Å². The van der Waals surface area contributed by atoms with Crippen LogP contribution < -0.4 is 10.1 Å². The third kappa shape index (κ3) is 3.92. The van der Waals surface area contributed by atoms with Crippen molar-refractivity contribution in [1.82, 2.24) is 14.7 Å². The molecule has 0 saturated heterocycles. The highest BCUT2D eigenvalue weighted by atomic mass is 19.1. The Labute approximate surface area is 190 Å². The van der Waals surface area contributed by atoms with Crippen molar-refractivity contribution in [3.63, 3.8) is 0 Å². The molecular formula is C25H26FN4O3+. The fourth-order valence-electron chi connectivity index (χ4n) is 4.21. The Morgan fingerprint density at radius 1 is 0.970 bits per heavy atom. The van der Waals surface area contributed by atoms with Crippen LogP contribution in [-0.4, -0.2) is 33.0 Å². The molecular weight excluding hydrogens is 423 g/mol. The Kier molecular flexibility index (Phi) is 5.61. The number of carbonyl (C=O) groups is 2. The molecule has 1 N–H and O–H groups in total. The van der Waals surface area contributed by atoms with Gasteiger partial charge in [-0.2, -0.15) is 4.57 Å². The van der Waals surface area contributed by atoms with Crippen LogP contribution in [0.3, 0.4) is 0 Å². The van der Waals surface area contributed by atoms with Gasteiger partial charge >= 0.3 is 5.91 Å². The summed E-state index contributed by atoms with van der Waals surface area (Å²) in [6.07, 6.45) is 3.54. The molecule has 0 radical (unpaired) electrons. The molecule has 1 aliphatic heterocycles. The highest BCUT2D eigenvalue weighted by molar-refractivity contribution is 6.44. The minimum atomic E-state index is -0.499. The molecule has 3 heterocycles. The molecule has 33 heavy (non-hydrogen) atoms. The SMILES string of the molecule is Cc1cc(C)c[n+](C2=C(c3c(C)[nH]n(-c4ccc(F)cc4)c3=O)C(=O)N(CC(C)C)C2=O)c1. The van der Waals surface area contributed by atoms with Crippen LogP contribution in [0.4, 0.5) is 4.39 Å². The maximum absolute atomic E-state index is 13.5. The first-order chi connectivity index (χ1) is 15.6. The van der Waals surface area contributed by atoms with E-state index in [-0.39, 0.29) is 29.3 Å². The van der Waals surface area contributed by atoms with Gasteiger partial charge in [0.1, 0.15) is 11.4 Å². The molecule has 4 rings (SSSR count). The molecule has 0 spiro atoms.